The highest BCUT2D eigenvalue weighted by Gasteiger charge is 2.59. The minimum atomic E-state index is -1.56. The highest BCUT2D eigenvalue weighted by molar-refractivity contribution is 6.31. The highest BCUT2D eigenvalue weighted by Crippen LogP contribution is 2.52. The van der Waals surface area contributed by atoms with Crippen LogP contribution in [0.2, 0.25) is 10.0 Å². The van der Waals surface area contributed by atoms with Crippen molar-refractivity contribution < 1.29 is 37.3 Å². The molecule has 268 valence electrons. The molecule has 50 heavy (non-hydrogen) atoms. The van der Waals surface area contributed by atoms with E-state index in [2.05, 4.69) is 10.6 Å². The van der Waals surface area contributed by atoms with Gasteiger partial charge in [0.15, 0.2) is 5.79 Å². The fourth-order valence-electron chi connectivity index (χ4n) is 6.90. The molecule has 0 saturated carbocycles. The number of esters is 1. The molecule has 2 saturated heterocycles. The van der Waals surface area contributed by atoms with Gasteiger partial charge < -0.3 is 35.0 Å². The van der Waals surface area contributed by atoms with E-state index in [1.54, 1.807) is 19.9 Å². The van der Waals surface area contributed by atoms with Crippen molar-refractivity contribution in [2.75, 3.05) is 25.6 Å². The van der Waals surface area contributed by atoms with Gasteiger partial charge in [-0.05, 0) is 67.6 Å². The molecule has 9 nitrogen and oxygen atoms in total. The van der Waals surface area contributed by atoms with Gasteiger partial charge in [0.05, 0.1) is 41.4 Å². The molecule has 3 aromatic rings. The Labute approximate surface area is 300 Å². The number of hydrogen-bond donors (Lipinski definition) is 3. The van der Waals surface area contributed by atoms with Crippen LogP contribution in [0.4, 0.5) is 14.5 Å². The quantitative estimate of drug-likeness (QED) is 0.145. The molecule has 1 unspecified atom stereocenters. The lowest BCUT2D eigenvalue weighted by atomic mass is 9.62. The van der Waals surface area contributed by atoms with Crippen molar-refractivity contribution in [1.29, 1.82) is 5.41 Å². The first kappa shape index (κ1) is 37.6. The van der Waals surface area contributed by atoms with Crippen molar-refractivity contribution in [2.45, 2.75) is 76.3 Å². The van der Waals surface area contributed by atoms with Crippen molar-refractivity contribution in [2.24, 2.45) is 5.41 Å². The Bertz CT molecular complexity index is 1780. The van der Waals surface area contributed by atoms with Gasteiger partial charge in [-0.2, -0.15) is 0 Å². The molecule has 2 aliphatic heterocycles. The van der Waals surface area contributed by atoms with Crippen LogP contribution in [0.5, 0.6) is 5.75 Å². The molecule has 3 N–H and O–H groups in total. The van der Waals surface area contributed by atoms with Gasteiger partial charge in [-0.1, -0.05) is 62.2 Å². The fraction of sp³-hybridized carbons (Fsp3) is 0.432. The summed E-state index contributed by atoms with van der Waals surface area (Å²) in [5, 5.41) is 15.0. The van der Waals surface area contributed by atoms with Gasteiger partial charge in [-0.3, -0.25) is 4.79 Å². The minimum absolute atomic E-state index is 0.0173. The first-order valence-electron chi connectivity index (χ1n) is 16.1. The number of hydrogen-bond acceptors (Lipinski definition) is 8. The fourth-order valence-corrected chi connectivity index (χ4v) is 7.24. The van der Waals surface area contributed by atoms with Gasteiger partial charge in [0.1, 0.15) is 30.1 Å². The standard InChI is InChI=1S/C37H41Cl2F2N3O6/c1-35(2,3)16-29-37(19-42,24-12-11-21(38)15-26(24)40)30(23-8-7-9-25(39)31(23)41)32(44-29)33(45)43-27-13-10-20(14-28(27)47-6)34(46)48-17-22-18-49-36(4,5)50-22/h7-15,19,22,29-30,32,42,44H,16-18H2,1-6H3,(H,43,45)/t22?,29-,30-,32+,37-/m0/s1. The molecule has 3 aromatic carbocycles. The van der Waals surface area contributed by atoms with Crippen LogP contribution in [-0.4, -0.2) is 62.4 Å². The van der Waals surface area contributed by atoms with E-state index in [1.165, 1.54) is 49.6 Å². The highest BCUT2D eigenvalue weighted by atomic mass is 35.5. The molecule has 0 aromatic heterocycles. The number of rotatable bonds is 10. The molecular weight excluding hydrogens is 691 g/mol. The van der Waals surface area contributed by atoms with Gasteiger partial charge in [0, 0.05) is 28.8 Å². The molecule has 5 atom stereocenters. The summed E-state index contributed by atoms with van der Waals surface area (Å²) in [6, 6.07) is 11.0. The number of amides is 1. The Morgan fingerprint density at radius 3 is 2.48 bits per heavy atom. The number of anilines is 1. The summed E-state index contributed by atoms with van der Waals surface area (Å²) in [6.45, 7) is 9.76. The second kappa shape index (κ2) is 14.6. The number of carbonyl (C=O) groups is 2. The Balaban J connectivity index is 1.52. The molecule has 13 heteroatoms. The van der Waals surface area contributed by atoms with Gasteiger partial charge >= 0.3 is 5.97 Å². The second-order valence-corrected chi connectivity index (χ2v) is 15.1. The number of benzene rings is 3. The first-order chi connectivity index (χ1) is 23.5. The zero-order chi connectivity index (χ0) is 36.6. The summed E-state index contributed by atoms with van der Waals surface area (Å²) in [5.41, 5.74) is -1.43. The zero-order valence-corrected chi connectivity index (χ0v) is 30.2. The summed E-state index contributed by atoms with van der Waals surface area (Å²) >= 11 is 12.4. The predicted molar refractivity (Wildman–Crippen MR) is 188 cm³/mol. The maximum absolute atomic E-state index is 16.0. The van der Waals surface area contributed by atoms with Gasteiger partial charge in [0.25, 0.3) is 0 Å². The average Bonchev–Trinajstić information content (AvgIpc) is 3.56. The number of ether oxygens (including phenoxy) is 4. The van der Waals surface area contributed by atoms with Gasteiger partial charge in [0.2, 0.25) is 5.91 Å². The van der Waals surface area contributed by atoms with Gasteiger partial charge in [-0.15, -0.1) is 0 Å². The monoisotopic (exact) mass is 731 g/mol. The third-order valence-electron chi connectivity index (χ3n) is 9.02. The van der Waals surface area contributed by atoms with E-state index in [1.807, 2.05) is 20.8 Å². The number of carbonyl (C=O) groups excluding carboxylic acids is 2. The molecule has 0 spiro atoms. The van der Waals surface area contributed by atoms with E-state index in [4.69, 9.17) is 47.6 Å². The molecule has 2 heterocycles. The zero-order valence-electron chi connectivity index (χ0n) is 28.7. The van der Waals surface area contributed by atoms with Gasteiger partial charge in [-0.25, -0.2) is 13.6 Å². The van der Waals surface area contributed by atoms with Crippen LogP contribution >= 0.6 is 23.2 Å². The average molecular weight is 733 g/mol. The Morgan fingerprint density at radius 2 is 1.86 bits per heavy atom. The number of nitrogens with one attached hydrogen (secondary N) is 3. The third-order valence-corrected chi connectivity index (χ3v) is 9.55. The van der Waals surface area contributed by atoms with E-state index >= 15 is 8.78 Å². The van der Waals surface area contributed by atoms with Crippen molar-refractivity contribution in [3.05, 3.63) is 93.0 Å². The summed E-state index contributed by atoms with van der Waals surface area (Å²) in [7, 11) is 1.38. The second-order valence-electron chi connectivity index (χ2n) is 14.2. The Morgan fingerprint density at radius 1 is 1.12 bits per heavy atom. The maximum Gasteiger partial charge on any atom is 0.338 e. The predicted octanol–water partition coefficient (Wildman–Crippen LogP) is 7.67. The van der Waals surface area contributed by atoms with Crippen LogP contribution in [0.1, 0.15) is 68.4 Å². The number of halogens is 4. The molecular formula is C37H41Cl2F2N3O6. The minimum Gasteiger partial charge on any atom is -0.495 e. The van der Waals surface area contributed by atoms with Crippen LogP contribution in [-0.2, 0) is 24.4 Å². The molecule has 5 rings (SSSR count). The molecule has 0 radical (unpaired) electrons. The molecule has 2 aliphatic rings. The Hall–Kier alpha value is -3.61. The van der Waals surface area contributed by atoms with Crippen LogP contribution < -0.4 is 15.4 Å². The van der Waals surface area contributed by atoms with Crippen LogP contribution in [0.25, 0.3) is 0 Å². The lowest BCUT2D eigenvalue weighted by Crippen LogP contribution is -2.46. The van der Waals surface area contributed by atoms with E-state index in [-0.39, 0.29) is 56.8 Å². The van der Waals surface area contributed by atoms with Crippen LogP contribution in [0.3, 0.4) is 0 Å². The van der Waals surface area contributed by atoms with Crippen molar-refractivity contribution >= 4 is 47.0 Å². The summed E-state index contributed by atoms with van der Waals surface area (Å²) in [5.74, 6) is -4.47. The third kappa shape index (κ3) is 7.67. The molecule has 0 aliphatic carbocycles. The van der Waals surface area contributed by atoms with E-state index in [0.29, 0.717) is 6.42 Å². The van der Waals surface area contributed by atoms with Crippen molar-refractivity contribution in [1.82, 2.24) is 5.32 Å². The normalized spacial score (nSPS) is 24.5. The molecule has 0 bridgehead atoms. The van der Waals surface area contributed by atoms with Crippen molar-refractivity contribution in [3.8, 4) is 5.75 Å². The van der Waals surface area contributed by atoms with Crippen LogP contribution in [0.15, 0.2) is 54.6 Å². The largest absolute Gasteiger partial charge is 0.495 e. The smallest absolute Gasteiger partial charge is 0.338 e. The van der Waals surface area contributed by atoms with E-state index < -0.39 is 58.8 Å². The topological polar surface area (TPSA) is 119 Å². The summed E-state index contributed by atoms with van der Waals surface area (Å²) < 4.78 is 54.2. The van der Waals surface area contributed by atoms with Crippen molar-refractivity contribution in [3.63, 3.8) is 0 Å². The summed E-state index contributed by atoms with van der Waals surface area (Å²) in [4.78, 5) is 27.3. The number of methoxy groups -OCH3 is 1. The maximum atomic E-state index is 16.0. The lowest BCUT2D eigenvalue weighted by molar-refractivity contribution is -0.142. The van der Waals surface area contributed by atoms with E-state index in [0.717, 1.165) is 12.3 Å². The SMILES string of the molecule is COc1cc(C(=O)OCC2COC(C)(C)O2)ccc1NC(=O)[C@@H]1N[C@@H](CC(C)(C)C)[C@](C=N)(c2ccc(Cl)cc2F)[C@H]1c1cccc(Cl)c1F. The Kier molecular flexibility index (Phi) is 11.0. The first-order valence-corrected chi connectivity index (χ1v) is 16.9. The molecule has 2 fully saturated rings. The summed E-state index contributed by atoms with van der Waals surface area (Å²) in [6.07, 6.45) is 1.05. The lowest BCUT2D eigenvalue weighted by Gasteiger charge is -2.40. The molecule has 1 amide bonds. The van der Waals surface area contributed by atoms with E-state index in [9.17, 15) is 9.59 Å². The van der Waals surface area contributed by atoms with Crippen LogP contribution in [0, 0.1) is 22.5 Å².